The lowest BCUT2D eigenvalue weighted by Crippen LogP contribution is -1.89. The average molecular weight is 200 g/mol. The normalized spacial score (nSPS) is 10.0. The summed E-state index contributed by atoms with van der Waals surface area (Å²) in [6.45, 7) is 1.97. The van der Waals surface area contributed by atoms with Gasteiger partial charge in [0.1, 0.15) is 12.1 Å². The van der Waals surface area contributed by atoms with Crippen LogP contribution in [0.2, 0.25) is 0 Å². The van der Waals surface area contributed by atoms with Gasteiger partial charge in [0, 0.05) is 17.5 Å². The molecule has 0 saturated heterocycles. The molecule has 2 rings (SSSR count). The van der Waals surface area contributed by atoms with Crippen LogP contribution in [-0.2, 0) is 0 Å². The molecule has 1 aromatic heterocycles. The number of methoxy groups -OCH3 is 1. The number of hydrogen-bond acceptors (Lipinski definition) is 3. The van der Waals surface area contributed by atoms with E-state index in [0.717, 1.165) is 22.6 Å². The predicted octanol–water partition coefficient (Wildman–Crippen LogP) is 2.46. The SMILES string of the molecule is COc1ccc(-c2cncnc2C)cc1. The molecule has 15 heavy (non-hydrogen) atoms. The topological polar surface area (TPSA) is 35.0 Å². The molecule has 0 fully saturated rings. The van der Waals surface area contributed by atoms with E-state index in [9.17, 15) is 0 Å². The number of nitrogens with zero attached hydrogens (tertiary/aromatic N) is 2. The summed E-state index contributed by atoms with van der Waals surface area (Å²) in [5, 5.41) is 0. The van der Waals surface area contributed by atoms with Crippen LogP contribution >= 0.6 is 0 Å². The maximum absolute atomic E-state index is 5.10. The van der Waals surface area contributed by atoms with E-state index in [1.165, 1.54) is 0 Å². The van der Waals surface area contributed by atoms with Crippen LogP contribution in [0.4, 0.5) is 0 Å². The molecule has 3 heteroatoms. The van der Waals surface area contributed by atoms with Gasteiger partial charge in [0.25, 0.3) is 0 Å². The highest BCUT2D eigenvalue weighted by Gasteiger charge is 2.02. The minimum absolute atomic E-state index is 0.855. The first kappa shape index (κ1) is 9.65. The quantitative estimate of drug-likeness (QED) is 0.747. The Kier molecular flexibility index (Phi) is 2.63. The highest BCUT2D eigenvalue weighted by Crippen LogP contribution is 2.23. The van der Waals surface area contributed by atoms with Crippen LogP contribution in [0.5, 0.6) is 5.75 Å². The minimum atomic E-state index is 0.855. The van der Waals surface area contributed by atoms with Crippen LogP contribution in [0.3, 0.4) is 0 Å². The van der Waals surface area contributed by atoms with E-state index in [1.807, 2.05) is 37.4 Å². The van der Waals surface area contributed by atoms with E-state index in [0.29, 0.717) is 0 Å². The third-order valence-electron chi connectivity index (χ3n) is 2.31. The molecule has 0 aliphatic carbocycles. The third-order valence-corrected chi connectivity index (χ3v) is 2.31. The zero-order chi connectivity index (χ0) is 10.7. The zero-order valence-electron chi connectivity index (χ0n) is 8.77. The van der Waals surface area contributed by atoms with Crippen molar-refractivity contribution < 1.29 is 4.74 Å². The summed E-state index contributed by atoms with van der Waals surface area (Å²) >= 11 is 0. The standard InChI is InChI=1S/C12H12N2O/c1-9-12(7-13-8-14-9)10-3-5-11(15-2)6-4-10/h3-8H,1-2H3. The van der Waals surface area contributed by atoms with Crippen LogP contribution < -0.4 is 4.74 Å². The molecule has 0 unspecified atom stereocenters. The Morgan fingerprint density at radius 3 is 2.47 bits per heavy atom. The fourth-order valence-corrected chi connectivity index (χ4v) is 1.44. The van der Waals surface area contributed by atoms with Gasteiger partial charge >= 0.3 is 0 Å². The van der Waals surface area contributed by atoms with Gasteiger partial charge in [0.2, 0.25) is 0 Å². The van der Waals surface area contributed by atoms with Crippen LogP contribution in [0.1, 0.15) is 5.69 Å². The van der Waals surface area contributed by atoms with Gasteiger partial charge in [-0.05, 0) is 24.6 Å². The van der Waals surface area contributed by atoms with E-state index < -0.39 is 0 Å². The molecule has 1 aromatic carbocycles. The number of benzene rings is 1. The molecule has 0 aliphatic rings. The Balaban J connectivity index is 2.42. The second-order valence-electron chi connectivity index (χ2n) is 3.25. The molecule has 0 saturated carbocycles. The molecule has 0 radical (unpaired) electrons. The second kappa shape index (κ2) is 4.09. The first-order valence-electron chi connectivity index (χ1n) is 4.72. The van der Waals surface area contributed by atoms with Gasteiger partial charge in [-0.3, -0.25) is 0 Å². The monoisotopic (exact) mass is 200 g/mol. The average Bonchev–Trinajstić information content (AvgIpc) is 2.30. The maximum atomic E-state index is 5.10. The fraction of sp³-hybridized carbons (Fsp3) is 0.167. The molecule has 3 nitrogen and oxygen atoms in total. The maximum Gasteiger partial charge on any atom is 0.118 e. The summed E-state index contributed by atoms with van der Waals surface area (Å²) in [6.07, 6.45) is 3.38. The number of rotatable bonds is 2. The van der Waals surface area contributed by atoms with Gasteiger partial charge in [-0.2, -0.15) is 0 Å². The number of hydrogen-bond donors (Lipinski definition) is 0. The van der Waals surface area contributed by atoms with Crippen molar-refractivity contribution in [3.63, 3.8) is 0 Å². The van der Waals surface area contributed by atoms with Crippen LogP contribution in [0.25, 0.3) is 11.1 Å². The Bertz CT molecular complexity index is 451. The summed E-state index contributed by atoms with van der Waals surface area (Å²) in [4.78, 5) is 8.18. The molecule has 76 valence electrons. The minimum Gasteiger partial charge on any atom is -0.497 e. The van der Waals surface area contributed by atoms with E-state index in [2.05, 4.69) is 9.97 Å². The van der Waals surface area contributed by atoms with Crippen LogP contribution in [0.15, 0.2) is 36.8 Å². The van der Waals surface area contributed by atoms with Crippen LogP contribution in [-0.4, -0.2) is 17.1 Å². The van der Waals surface area contributed by atoms with Crippen LogP contribution in [0, 0.1) is 6.92 Å². The lowest BCUT2D eigenvalue weighted by molar-refractivity contribution is 0.415. The molecule has 0 atom stereocenters. The summed E-state index contributed by atoms with van der Waals surface area (Å²) in [7, 11) is 1.66. The Hall–Kier alpha value is -1.90. The van der Waals surface area contributed by atoms with Gasteiger partial charge in [-0.1, -0.05) is 12.1 Å². The van der Waals surface area contributed by atoms with Gasteiger partial charge in [-0.15, -0.1) is 0 Å². The van der Waals surface area contributed by atoms with Crippen molar-refractivity contribution in [2.45, 2.75) is 6.92 Å². The molecule has 0 N–H and O–H groups in total. The molecule has 0 aliphatic heterocycles. The number of ether oxygens (including phenoxy) is 1. The number of aromatic nitrogens is 2. The molecular formula is C12H12N2O. The summed E-state index contributed by atoms with van der Waals surface area (Å²) < 4.78 is 5.10. The van der Waals surface area contributed by atoms with Gasteiger partial charge < -0.3 is 4.74 Å². The molecule has 0 bridgehead atoms. The Morgan fingerprint density at radius 2 is 1.87 bits per heavy atom. The fourth-order valence-electron chi connectivity index (χ4n) is 1.44. The van der Waals surface area contributed by atoms with Gasteiger partial charge in [-0.25, -0.2) is 9.97 Å². The first-order chi connectivity index (χ1) is 7.31. The van der Waals surface area contributed by atoms with E-state index in [4.69, 9.17) is 4.74 Å². The largest absolute Gasteiger partial charge is 0.497 e. The molecular weight excluding hydrogens is 188 g/mol. The van der Waals surface area contributed by atoms with Crippen molar-refractivity contribution in [2.75, 3.05) is 7.11 Å². The summed E-state index contributed by atoms with van der Waals surface area (Å²) in [5.74, 6) is 0.855. The molecule has 2 aromatic rings. The van der Waals surface area contributed by atoms with Crippen molar-refractivity contribution in [3.8, 4) is 16.9 Å². The third kappa shape index (κ3) is 1.96. The first-order valence-corrected chi connectivity index (χ1v) is 4.72. The second-order valence-corrected chi connectivity index (χ2v) is 3.25. The zero-order valence-corrected chi connectivity index (χ0v) is 8.77. The van der Waals surface area contributed by atoms with E-state index in [1.54, 1.807) is 13.4 Å². The summed E-state index contributed by atoms with van der Waals surface area (Å²) in [5.41, 5.74) is 3.14. The van der Waals surface area contributed by atoms with Crippen molar-refractivity contribution in [2.24, 2.45) is 0 Å². The van der Waals surface area contributed by atoms with Gasteiger partial charge in [0.15, 0.2) is 0 Å². The van der Waals surface area contributed by atoms with Crippen molar-refractivity contribution in [1.82, 2.24) is 9.97 Å². The highest BCUT2D eigenvalue weighted by molar-refractivity contribution is 5.65. The molecule has 1 heterocycles. The lowest BCUT2D eigenvalue weighted by Gasteiger charge is -2.05. The van der Waals surface area contributed by atoms with Gasteiger partial charge in [0.05, 0.1) is 7.11 Å². The lowest BCUT2D eigenvalue weighted by atomic mass is 10.1. The molecule has 0 amide bonds. The van der Waals surface area contributed by atoms with E-state index in [-0.39, 0.29) is 0 Å². The smallest absolute Gasteiger partial charge is 0.118 e. The Labute approximate surface area is 88.8 Å². The predicted molar refractivity (Wildman–Crippen MR) is 58.8 cm³/mol. The van der Waals surface area contributed by atoms with Crippen molar-refractivity contribution in [1.29, 1.82) is 0 Å². The van der Waals surface area contributed by atoms with Crippen molar-refractivity contribution >= 4 is 0 Å². The molecule has 0 spiro atoms. The van der Waals surface area contributed by atoms with Crippen molar-refractivity contribution in [3.05, 3.63) is 42.5 Å². The van der Waals surface area contributed by atoms with E-state index >= 15 is 0 Å². The number of aryl methyl sites for hydroxylation is 1. The summed E-state index contributed by atoms with van der Waals surface area (Å²) in [6, 6.07) is 7.87. The highest BCUT2D eigenvalue weighted by atomic mass is 16.5. The Morgan fingerprint density at radius 1 is 1.13 bits per heavy atom.